The molecule has 1 heterocycles. The minimum atomic E-state index is -0.00893. The molecule has 1 aromatic heterocycles. The van der Waals surface area contributed by atoms with E-state index in [1.807, 2.05) is 47.0 Å². The van der Waals surface area contributed by atoms with Crippen LogP contribution in [0.4, 0.5) is 0 Å². The molecule has 3 aromatic rings. The first-order chi connectivity index (χ1) is 13.2. The largest absolute Gasteiger partial charge is 0.355 e. The van der Waals surface area contributed by atoms with Crippen LogP contribution in [0.1, 0.15) is 6.42 Å². The first-order valence-corrected chi connectivity index (χ1v) is 10.8. The average molecular weight is 419 g/mol. The van der Waals surface area contributed by atoms with Gasteiger partial charge < -0.3 is 5.32 Å². The maximum absolute atomic E-state index is 12.1. The van der Waals surface area contributed by atoms with Crippen LogP contribution in [-0.4, -0.2) is 38.7 Å². The van der Waals surface area contributed by atoms with Crippen LogP contribution in [0.5, 0.6) is 0 Å². The minimum Gasteiger partial charge on any atom is -0.355 e. The molecule has 8 heteroatoms. The second kappa shape index (κ2) is 10.4. The third-order valence-corrected chi connectivity index (χ3v) is 5.87. The lowest BCUT2D eigenvalue weighted by Gasteiger charge is -2.07. The van der Waals surface area contributed by atoms with Gasteiger partial charge in [0.25, 0.3) is 0 Å². The predicted molar refractivity (Wildman–Crippen MR) is 112 cm³/mol. The third-order valence-electron chi connectivity index (χ3n) is 3.59. The molecule has 5 nitrogen and oxygen atoms in total. The van der Waals surface area contributed by atoms with Crippen molar-refractivity contribution in [3.8, 4) is 5.69 Å². The van der Waals surface area contributed by atoms with E-state index in [4.69, 9.17) is 11.6 Å². The Kier molecular flexibility index (Phi) is 7.62. The fraction of sp³-hybridized carbons (Fsp3) is 0.211. The Hall–Kier alpha value is -1.96. The molecule has 0 fully saturated rings. The second-order valence-corrected chi connectivity index (χ2v) is 8.16. The lowest BCUT2D eigenvalue weighted by atomic mass is 10.3. The number of amides is 1. The topological polar surface area (TPSA) is 59.8 Å². The van der Waals surface area contributed by atoms with Crippen molar-refractivity contribution in [2.45, 2.75) is 16.5 Å². The Balaban J connectivity index is 1.39. The van der Waals surface area contributed by atoms with Crippen molar-refractivity contribution >= 4 is 41.0 Å². The van der Waals surface area contributed by atoms with E-state index in [1.54, 1.807) is 18.1 Å². The summed E-state index contributed by atoms with van der Waals surface area (Å²) in [5.41, 5.74) is 0.869. The van der Waals surface area contributed by atoms with E-state index in [-0.39, 0.29) is 5.91 Å². The number of halogens is 1. The molecule has 1 N–H and O–H groups in total. The number of benzene rings is 2. The quantitative estimate of drug-likeness (QED) is 0.414. The van der Waals surface area contributed by atoms with Crippen molar-refractivity contribution in [1.29, 1.82) is 0 Å². The molecular weight excluding hydrogens is 400 g/mol. The van der Waals surface area contributed by atoms with E-state index in [9.17, 15) is 4.79 Å². The Morgan fingerprint density at radius 2 is 1.96 bits per heavy atom. The van der Waals surface area contributed by atoms with Crippen molar-refractivity contribution in [2.75, 3.05) is 18.1 Å². The predicted octanol–water partition coefficient (Wildman–Crippen LogP) is 4.31. The summed E-state index contributed by atoms with van der Waals surface area (Å²) >= 11 is 9.18. The lowest BCUT2D eigenvalue weighted by molar-refractivity contribution is -0.118. The summed E-state index contributed by atoms with van der Waals surface area (Å²) in [7, 11) is 0. The molecule has 2 aromatic carbocycles. The summed E-state index contributed by atoms with van der Waals surface area (Å²) in [5, 5.41) is 12.3. The zero-order chi connectivity index (χ0) is 18.9. The van der Waals surface area contributed by atoms with Crippen LogP contribution in [0.15, 0.2) is 71.0 Å². The molecule has 0 aliphatic heterocycles. The average Bonchev–Trinajstić information content (AvgIpc) is 3.15. The van der Waals surface area contributed by atoms with Gasteiger partial charge in [-0.15, -0.1) is 22.0 Å². The first kappa shape index (κ1) is 19.8. The Labute approximate surface area is 171 Å². The van der Waals surface area contributed by atoms with Crippen molar-refractivity contribution in [3.63, 3.8) is 0 Å². The van der Waals surface area contributed by atoms with Crippen molar-refractivity contribution < 1.29 is 4.79 Å². The van der Waals surface area contributed by atoms with Gasteiger partial charge in [0, 0.05) is 16.5 Å². The van der Waals surface area contributed by atoms with Crippen LogP contribution in [0.25, 0.3) is 5.69 Å². The maximum Gasteiger partial charge on any atom is 0.230 e. The number of aromatic nitrogens is 3. The zero-order valence-corrected chi connectivity index (χ0v) is 16.9. The van der Waals surface area contributed by atoms with E-state index in [2.05, 4.69) is 27.6 Å². The number of nitrogens with one attached hydrogen (secondary N) is 1. The van der Waals surface area contributed by atoms with E-state index in [0.29, 0.717) is 22.5 Å². The standard InChI is InChI=1S/C19H19ClN4OS2/c20-15-6-4-7-16(12-15)24-14-22-23-19(24)27-13-18(25)21-10-5-11-26-17-8-2-1-3-9-17/h1-4,6-9,12,14H,5,10-11,13H2,(H,21,25). The molecule has 27 heavy (non-hydrogen) atoms. The molecule has 3 rings (SSSR count). The van der Waals surface area contributed by atoms with Crippen LogP contribution in [0.2, 0.25) is 5.02 Å². The van der Waals surface area contributed by atoms with Crippen LogP contribution in [0.3, 0.4) is 0 Å². The molecule has 0 bridgehead atoms. The number of carbonyl (C=O) groups is 1. The van der Waals surface area contributed by atoms with Gasteiger partial charge in [-0.1, -0.05) is 47.6 Å². The number of thioether (sulfide) groups is 2. The molecule has 0 saturated carbocycles. The van der Waals surface area contributed by atoms with Gasteiger partial charge in [0.2, 0.25) is 5.91 Å². The summed E-state index contributed by atoms with van der Waals surface area (Å²) < 4.78 is 1.82. The van der Waals surface area contributed by atoms with Crippen LogP contribution >= 0.6 is 35.1 Å². The van der Waals surface area contributed by atoms with E-state index in [0.717, 1.165) is 17.9 Å². The highest BCUT2D eigenvalue weighted by Crippen LogP contribution is 2.21. The van der Waals surface area contributed by atoms with Crippen molar-refractivity contribution in [3.05, 3.63) is 65.9 Å². The molecule has 0 aliphatic rings. The lowest BCUT2D eigenvalue weighted by Crippen LogP contribution is -2.26. The highest BCUT2D eigenvalue weighted by atomic mass is 35.5. The summed E-state index contributed by atoms with van der Waals surface area (Å²) in [5.74, 6) is 1.26. The Bertz CT molecular complexity index is 873. The molecule has 140 valence electrons. The fourth-order valence-electron chi connectivity index (χ4n) is 2.31. The molecular formula is C19H19ClN4OS2. The Morgan fingerprint density at radius 3 is 2.78 bits per heavy atom. The number of hydrogen-bond donors (Lipinski definition) is 1. The molecule has 0 atom stereocenters. The maximum atomic E-state index is 12.1. The number of rotatable bonds is 9. The molecule has 0 saturated heterocycles. The van der Waals surface area contributed by atoms with E-state index < -0.39 is 0 Å². The summed E-state index contributed by atoms with van der Waals surface area (Å²) in [6.07, 6.45) is 2.54. The smallest absolute Gasteiger partial charge is 0.230 e. The minimum absolute atomic E-state index is 0.00893. The van der Waals surface area contributed by atoms with Gasteiger partial charge in [-0.05, 0) is 42.5 Å². The van der Waals surface area contributed by atoms with Gasteiger partial charge in [-0.25, -0.2) is 0 Å². The number of carbonyl (C=O) groups excluding carboxylic acids is 1. The molecule has 0 spiro atoms. The van der Waals surface area contributed by atoms with Crippen molar-refractivity contribution in [2.24, 2.45) is 0 Å². The van der Waals surface area contributed by atoms with Crippen LogP contribution in [-0.2, 0) is 4.79 Å². The zero-order valence-electron chi connectivity index (χ0n) is 14.5. The third kappa shape index (κ3) is 6.30. The summed E-state index contributed by atoms with van der Waals surface area (Å²) in [4.78, 5) is 13.3. The van der Waals surface area contributed by atoms with Crippen molar-refractivity contribution in [1.82, 2.24) is 20.1 Å². The molecule has 0 radical (unpaired) electrons. The van der Waals surface area contributed by atoms with Gasteiger partial charge in [0.05, 0.1) is 11.4 Å². The normalized spacial score (nSPS) is 10.7. The van der Waals surface area contributed by atoms with Gasteiger partial charge >= 0.3 is 0 Å². The monoisotopic (exact) mass is 418 g/mol. The molecule has 0 aliphatic carbocycles. The summed E-state index contributed by atoms with van der Waals surface area (Å²) in [6, 6.07) is 17.7. The Morgan fingerprint density at radius 1 is 1.11 bits per heavy atom. The molecule has 0 unspecified atom stereocenters. The van der Waals surface area contributed by atoms with Crippen LogP contribution < -0.4 is 5.32 Å². The van der Waals surface area contributed by atoms with E-state index >= 15 is 0 Å². The highest BCUT2D eigenvalue weighted by molar-refractivity contribution is 7.99. The first-order valence-electron chi connectivity index (χ1n) is 8.46. The second-order valence-electron chi connectivity index (χ2n) is 5.62. The van der Waals surface area contributed by atoms with Gasteiger partial charge in [-0.3, -0.25) is 9.36 Å². The summed E-state index contributed by atoms with van der Waals surface area (Å²) in [6.45, 7) is 0.667. The number of nitrogens with zero attached hydrogens (tertiary/aromatic N) is 3. The van der Waals surface area contributed by atoms with Gasteiger partial charge in [0.15, 0.2) is 5.16 Å². The number of hydrogen-bond acceptors (Lipinski definition) is 5. The van der Waals surface area contributed by atoms with E-state index in [1.165, 1.54) is 16.7 Å². The van der Waals surface area contributed by atoms with Crippen LogP contribution in [0, 0.1) is 0 Å². The van der Waals surface area contributed by atoms with Gasteiger partial charge in [-0.2, -0.15) is 0 Å². The SMILES string of the molecule is O=C(CSc1nncn1-c1cccc(Cl)c1)NCCCSc1ccccc1. The highest BCUT2D eigenvalue weighted by Gasteiger charge is 2.10. The molecule has 1 amide bonds. The van der Waals surface area contributed by atoms with Gasteiger partial charge in [0.1, 0.15) is 6.33 Å². The fourth-order valence-corrected chi connectivity index (χ4v) is 4.13.